The maximum Gasteiger partial charge on any atom is 0.182 e. The monoisotopic (exact) mass is 526 g/mol. The number of hydrogen-bond acceptors (Lipinski definition) is 5. The van der Waals surface area contributed by atoms with Crippen LogP contribution >= 0.6 is 0 Å². The summed E-state index contributed by atoms with van der Waals surface area (Å²) in [7, 11) is 0. The van der Waals surface area contributed by atoms with Crippen molar-refractivity contribution in [1.29, 1.82) is 0 Å². The first-order valence-electron chi connectivity index (χ1n) is 13.5. The zero-order valence-electron chi connectivity index (χ0n) is 21.9. The lowest BCUT2D eigenvalue weighted by atomic mass is 9.98. The van der Waals surface area contributed by atoms with Crippen LogP contribution in [0, 0.1) is 0 Å². The van der Waals surface area contributed by atoms with Gasteiger partial charge in [-0.1, -0.05) is 109 Å². The second kappa shape index (κ2) is 9.50. The molecule has 3 heterocycles. The molecule has 8 aromatic rings. The SMILES string of the molecule is c1ccc(-c2nc(-c3ccc(-c4cccc5oc6ccccc6c45)cc3)nc(-c3ccc4ccccc4n3)n2)cc1. The Labute approximate surface area is 235 Å². The van der Waals surface area contributed by atoms with Crippen molar-refractivity contribution in [2.24, 2.45) is 0 Å². The van der Waals surface area contributed by atoms with Gasteiger partial charge in [-0.15, -0.1) is 0 Å². The summed E-state index contributed by atoms with van der Waals surface area (Å²) in [6.45, 7) is 0. The van der Waals surface area contributed by atoms with Crippen molar-refractivity contribution in [3.8, 4) is 45.4 Å². The lowest BCUT2D eigenvalue weighted by Gasteiger charge is -2.09. The Bertz CT molecular complexity index is 2200. The quantitative estimate of drug-likeness (QED) is 0.229. The van der Waals surface area contributed by atoms with Gasteiger partial charge >= 0.3 is 0 Å². The first-order chi connectivity index (χ1) is 20.3. The Kier molecular flexibility index (Phi) is 5.38. The molecule has 0 radical (unpaired) electrons. The highest BCUT2D eigenvalue weighted by Gasteiger charge is 2.15. The van der Waals surface area contributed by atoms with Crippen LogP contribution in [0.15, 0.2) is 138 Å². The molecule has 5 nitrogen and oxygen atoms in total. The third-order valence-electron chi connectivity index (χ3n) is 7.35. The molecule has 0 spiro atoms. The largest absolute Gasteiger partial charge is 0.456 e. The number of para-hydroxylation sites is 2. The summed E-state index contributed by atoms with van der Waals surface area (Å²) in [4.78, 5) is 19.5. The summed E-state index contributed by atoms with van der Waals surface area (Å²) >= 11 is 0. The summed E-state index contributed by atoms with van der Waals surface area (Å²) in [5, 5.41) is 3.30. The van der Waals surface area contributed by atoms with Crippen LogP contribution in [-0.4, -0.2) is 19.9 Å². The Morgan fingerprint density at radius 2 is 1.07 bits per heavy atom. The first-order valence-corrected chi connectivity index (χ1v) is 13.5. The van der Waals surface area contributed by atoms with Gasteiger partial charge in [-0.25, -0.2) is 19.9 Å². The maximum absolute atomic E-state index is 6.11. The van der Waals surface area contributed by atoms with Crippen LogP contribution in [0.4, 0.5) is 0 Å². The highest BCUT2D eigenvalue weighted by molar-refractivity contribution is 6.12. The van der Waals surface area contributed by atoms with Crippen LogP contribution < -0.4 is 0 Å². The van der Waals surface area contributed by atoms with E-state index in [1.807, 2.05) is 84.9 Å². The Balaban J connectivity index is 1.25. The molecule has 0 fully saturated rings. The van der Waals surface area contributed by atoms with E-state index in [4.69, 9.17) is 24.4 Å². The average molecular weight is 527 g/mol. The molecule has 0 amide bonds. The molecule has 3 aromatic heterocycles. The minimum absolute atomic E-state index is 0.540. The van der Waals surface area contributed by atoms with Crippen molar-refractivity contribution in [2.45, 2.75) is 0 Å². The molecule has 0 unspecified atom stereocenters. The third kappa shape index (κ3) is 4.12. The van der Waals surface area contributed by atoms with E-state index in [1.54, 1.807) is 0 Å². The van der Waals surface area contributed by atoms with Crippen LogP contribution in [-0.2, 0) is 0 Å². The topological polar surface area (TPSA) is 64.7 Å². The summed E-state index contributed by atoms with van der Waals surface area (Å²) < 4.78 is 6.11. The average Bonchev–Trinajstić information content (AvgIpc) is 3.44. The van der Waals surface area contributed by atoms with Gasteiger partial charge in [-0.05, 0) is 35.4 Å². The van der Waals surface area contributed by atoms with E-state index in [-0.39, 0.29) is 0 Å². The third-order valence-corrected chi connectivity index (χ3v) is 7.35. The molecule has 5 heteroatoms. The molecular formula is C36H22N4O. The molecule has 0 bridgehead atoms. The lowest BCUT2D eigenvalue weighted by Crippen LogP contribution is -2.01. The van der Waals surface area contributed by atoms with Gasteiger partial charge < -0.3 is 4.42 Å². The molecule has 8 rings (SSSR count). The Morgan fingerprint density at radius 3 is 1.93 bits per heavy atom. The fourth-order valence-corrected chi connectivity index (χ4v) is 5.34. The van der Waals surface area contributed by atoms with E-state index >= 15 is 0 Å². The van der Waals surface area contributed by atoms with E-state index in [2.05, 4.69) is 48.5 Å². The number of rotatable bonds is 4. The number of hydrogen-bond donors (Lipinski definition) is 0. The van der Waals surface area contributed by atoms with E-state index in [0.29, 0.717) is 23.2 Å². The molecule has 0 saturated carbocycles. The summed E-state index contributed by atoms with van der Waals surface area (Å²) in [5.74, 6) is 1.75. The predicted octanol–water partition coefficient (Wildman–Crippen LogP) is 8.99. The molecule has 5 aromatic carbocycles. The number of nitrogens with zero attached hydrogens (tertiary/aromatic N) is 4. The van der Waals surface area contributed by atoms with Crippen molar-refractivity contribution in [3.05, 3.63) is 133 Å². The van der Waals surface area contributed by atoms with Gasteiger partial charge in [0.1, 0.15) is 16.9 Å². The summed E-state index contributed by atoms with van der Waals surface area (Å²) in [6.07, 6.45) is 0. The number of aromatic nitrogens is 4. The van der Waals surface area contributed by atoms with Crippen LogP contribution in [0.25, 0.3) is 78.3 Å². The van der Waals surface area contributed by atoms with Gasteiger partial charge in [0, 0.05) is 27.3 Å². The van der Waals surface area contributed by atoms with Gasteiger partial charge in [-0.2, -0.15) is 0 Å². The zero-order chi connectivity index (χ0) is 27.2. The smallest absolute Gasteiger partial charge is 0.182 e. The molecule has 41 heavy (non-hydrogen) atoms. The fourth-order valence-electron chi connectivity index (χ4n) is 5.34. The highest BCUT2D eigenvalue weighted by atomic mass is 16.3. The van der Waals surface area contributed by atoms with Crippen LogP contribution in [0.2, 0.25) is 0 Å². The normalized spacial score (nSPS) is 11.4. The number of pyridine rings is 1. The Hall–Kier alpha value is -5.68. The molecule has 0 aliphatic heterocycles. The second-order valence-electron chi connectivity index (χ2n) is 9.92. The minimum Gasteiger partial charge on any atom is -0.456 e. The van der Waals surface area contributed by atoms with E-state index in [0.717, 1.165) is 55.1 Å². The first kappa shape index (κ1) is 23.2. The molecule has 0 atom stereocenters. The van der Waals surface area contributed by atoms with Crippen molar-refractivity contribution in [1.82, 2.24) is 19.9 Å². The molecular weight excluding hydrogens is 504 g/mol. The van der Waals surface area contributed by atoms with Gasteiger partial charge in [0.2, 0.25) is 0 Å². The molecule has 0 N–H and O–H groups in total. The van der Waals surface area contributed by atoms with E-state index in [1.165, 1.54) is 0 Å². The van der Waals surface area contributed by atoms with Gasteiger partial charge in [0.15, 0.2) is 17.5 Å². The van der Waals surface area contributed by atoms with Gasteiger partial charge in [0.25, 0.3) is 0 Å². The standard InChI is InChI=1S/C36H22N4O/c1-2-10-25(11-3-1)34-38-35(40-36(39-34)30-22-21-24-9-4-6-14-29(24)37-30)26-19-17-23(18-20-26)27-13-8-16-32-33(27)28-12-5-7-15-31(28)41-32/h1-22H. The van der Waals surface area contributed by atoms with E-state index in [9.17, 15) is 0 Å². The number of fused-ring (bicyclic) bond motifs is 4. The maximum atomic E-state index is 6.11. The number of benzene rings is 5. The van der Waals surface area contributed by atoms with Crippen LogP contribution in [0.1, 0.15) is 0 Å². The molecule has 0 aliphatic rings. The van der Waals surface area contributed by atoms with Crippen LogP contribution in [0.5, 0.6) is 0 Å². The minimum atomic E-state index is 0.540. The van der Waals surface area contributed by atoms with E-state index < -0.39 is 0 Å². The van der Waals surface area contributed by atoms with Crippen molar-refractivity contribution in [2.75, 3.05) is 0 Å². The van der Waals surface area contributed by atoms with Gasteiger partial charge in [-0.3, -0.25) is 0 Å². The van der Waals surface area contributed by atoms with Crippen molar-refractivity contribution >= 4 is 32.8 Å². The molecule has 192 valence electrons. The fraction of sp³-hybridized carbons (Fsp3) is 0. The summed E-state index contributed by atoms with van der Waals surface area (Å²) in [6, 6.07) is 44.8. The Morgan fingerprint density at radius 1 is 0.415 bits per heavy atom. The zero-order valence-corrected chi connectivity index (χ0v) is 21.9. The highest BCUT2D eigenvalue weighted by Crippen LogP contribution is 2.37. The predicted molar refractivity (Wildman–Crippen MR) is 164 cm³/mol. The van der Waals surface area contributed by atoms with Crippen LogP contribution in [0.3, 0.4) is 0 Å². The van der Waals surface area contributed by atoms with Crippen molar-refractivity contribution < 1.29 is 4.42 Å². The van der Waals surface area contributed by atoms with Crippen molar-refractivity contribution in [3.63, 3.8) is 0 Å². The molecule has 0 aliphatic carbocycles. The summed E-state index contributed by atoms with van der Waals surface area (Å²) in [5.41, 5.74) is 7.43. The lowest BCUT2D eigenvalue weighted by molar-refractivity contribution is 0.669. The molecule has 0 saturated heterocycles. The second-order valence-corrected chi connectivity index (χ2v) is 9.92. The van der Waals surface area contributed by atoms with Gasteiger partial charge in [0.05, 0.1) is 5.52 Å². The number of furan rings is 1.